The van der Waals surface area contributed by atoms with Gasteiger partial charge in [0.1, 0.15) is 10.4 Å². The van der Waals surface area contributed by atoms with E-state index in [-0.39, 0.29) is 11.3 Å². The number of hydrogen-bond acceptors (Lipinski definition) is 4. The molecule has 27 heavy (non-hydrogen) atoms. The van der Waals surface area contributed by atoms with Crippen molar-refractivity contribution in [2.45, 2.75) is 12.3 Å². The number of carbonyl (C=O) groups is 1. The molecule has 2 aromatic carbocycles. The van der Waals surface area contributed by atoms with Crippen LogP contribution in [0.4, 0.5) is 0 Å². The quantitative estimate of drug-likeness (QED) is 0.607. The predicted octanol–water partition coefficient (Wildman–Crippen LogP) is 5.29. The summed E-state index contributed by atoms with van der Waals surface area (Å²) in [6, 6.07) is 18.8. The molecule has 0 spiro atoms. The van der Waals surface area contributed by atoms with Gasteiger partial charge in [-0.1, -0.05) is 59.3 Å². The molecule has 1 aliphatic rings. The third-order valence-electron chi connectivity index (χ3n) is 4.18. The van der Waals surface area contributed by atoms with Crippen molar-refractivity contribution in [1.82, 2.24) is 9.99 Å². The first kappa shape index (κ1) is 17.8. The molecule has 4 nitrogen and oxygen atoms in total. The van der Waals surface area contributed by atoms with Gasteiger partial charge in [0.15, 0.2) is 0 Å². The Balaban J connectivity index is 1.73. The van der Waals surface area contributed by atoms with Crippen LogP contribution in [0.15, 0.2) is 78.2 Å². The van der Waals surface area contributed by atoms with Crippen molar-refractivity contribution in [2.75, 3.05) is 0 Å². The van der Waals surface area contributed by atoms with Crippen LogP contribution in [0.25, 0.3) is 0 Å². The van der Waals surface area contributed by atoms with Crippen molar-refractivity contribution in [3.8, 4) is 0 Å². The zero-order chi connectivity index (χ0) is 18.8. The lowest BCUT2D eigenvalue weighted by Crippen LogP contribution is -2.26. The number of halogens is 1. The smallest absolute Gasteiger partial charge is 0.267 e. The second kappa shape index (κ2) is 7.55. The monoisotopic (exact) mass is 393 g/mol. The van der Waals surface area contributed by atoms with Crippen LogP contribution in [-0.4, -0.2) is 20.9 Å². The number of aromatic nitrogens is 1. The summed E-state index contributed by atoms with van der Waals surface area (Å²) in [5.41, 5.74) is 3.51. The van der Waals surface area contributed by atoms with Crippen LogP contribution in [0.5, 0.6) is 0 Å². The van der Waals surface area contributed by atoms with Crippen LogP contribution in [-0.2, 0) is 0 Å². The minimum atomic E-state index is -0.266. The fourth-order valence-corrected chi connectivity index (χ4v) is 4.10. The summed E-state index contributed by atoms with van der Waals surface area (Å²) < 4.78 is 0. The highest BCUT2D eigenvalue weighted by molar-refractivity contribution is 8.14. The summed E-state index contributed by atoms with van der Waals surface area (Å²) in [7, 11) is 0. The van der Waals surface area contributed by atoms with Crippen molar-refractivity contribution < 1.29 is 4.79 Å². The van der Waals surface area contributed by atoms with Crippen LogP contribution in [0.1, 0.15) is 32.4 Å². The van der Waals surface area contributed by atoms with Crippen LogP contribution in [0, 0.1) is 6.92 Å². The molecule has 0 bridgehead atoms. The van der Waals surface area contributed by atoms with E-state index >= 15 is 0 Å². The van der Waals surface area contributed by atoms with E-state index in [1.807, 2.05) is 67.6 Å². The van der Waals surface area contributed by atoms with Gasteiger partial charge >= 0.3 is 0 Å². The van der Waals surface area contributed by atoms with E-state index in [0.29, 0.717) is 10.6 Å². The Morgan fingerprint density at radius 2 is 1.93 bits per heavy atom. The number of hydrazone groups is 1. The molecule has 0 N–H and O–H groups in total. The Kier molecular flexibility index (Phi) is 4.97. The van der Waals surface area contributed by atoms with Crippen molar-refractivity contribution >= 4 is 34.3 Å². The van der Waals surface area contributed by atoms with Gasteiger partial charge in [0, 0.05) is 34.1 Å². The first-order chi connectivity index (χ1) is 13.1. The Bertz CT molecular complexity index is 1010. The van der Waals surface area contributed by atoms with Gasteiger partial charge in [-0.2, -0.15) is 5.10 Å². The molecule has 134 valence electrons. The number of thioether (sulfide) groups is 1. The molecule has 2 heterocycles. The first-order valence-electron chi connectivity index (χ1n) is 8.43. The molecule has 4 rings (SSSR count). The van der Waals surface area contributed by atoms with Crippen LogP contribution in [0.3, 0.4) is 0 Å². The lowest BCUT2D eigenvalue weighted by atomic mass is 10.1. The van der Waals surface area contributed by atoms with Gasteiger partial charge in [0.05, 0.1) is 0 Å². The van der Waals surface area contributed by atoms with Crippen molar-refractivity contribution in [2.24, 2.45) is 5.10 Å². The standard InChI is InChI=1S/C21H16ClN3OS/c1-14-4-2-5-16(12-14)20(26)25-21(17-6-3-11-23-13-17)27-19(24-25)15-7-9-18(22)10-8-15/h2-13,21H,1H3. The Labute approximate surface area is 166 Å². The molecule has 0 saturated heterocycles. The van der Waals surface area contributed by atoms with Gasteiger partial charge in [-0.25, -0.2) is 5.01 Å². The number of aryl methyl sites for hydroxylation is 1. The topological polar surface area (TPSA) is 45.6 Å². The van der Waals surface area contributed by atoms with Crippen molar-refractivity contribution in [3.63, 3.8) is 0 Å². The number of nitrogens with zero attached hydrogens (tertiary/aromatic N) is 3. The summed E-state index contributed by atoms with van der Waals surface area (Å²) >= 11 is 7.53. The Hall–Kier alpha value is -2.63. The highest BCUT2D eigenvalue weighted by Crippen LogP contribution is 2.41. The lowest BCUT2D eigenvalue weighted by molar-refractivity contribution is 0.0749. The van der Waals surface area contributed by atoms with Crippen LogP contribution >= 0.6 is 23.4 Å². The number of pyridine rings is 1. The van der Waals surface area contributed by atoms with Gasteiger partial charge < -0.3 is 0 Å². The maximum absolute atomic E-state index is 13.2. The second-order valence-electron chi connectivity index (χ2n) is 6.19. The molecule has 1 aromatic heterocycles. The number of carbonyl (C=O) groups excluding carboxylic acids is 1. The van der Waals surface area contributed by atoms with E-state index in [1.165, 1.54) is 11.8 Å². The van der Waals surface area contributed by atoms with Gasteiger partial charge in [-0.3, -0.25) is 9.78 Å². The molecule has 1 aliphatic heterocycles. The predicted molar refractivity (Wildman–Crippen MR) is 110 cm³/mol. The summed E-state index contributed by atoms with van der Waals surface area (Å²) in [6.45, 7) is 1.97. The molecule has 6 heteroatoms. The van der Waals surface area contributed by atoms with E-state index in [9.17, 15) is 4.79 Å². The fourth-order valence-electron chi connectivity index (χ4n) is 2.84. The van der Waals surface area contributed by atoms with Gasteiger partial charge in [-0.05, 0) is 37.3 Å². The molecule has 0 fully saturated rings. The normalized spacial score (nSPS) is 16.3. The van der Waals surface area contributed by atoms with Crippen molar-refractivity contribution in [3.05, 3.63) is 100 Å². The van der Waals surface area contributed by atoms with Crippen LogP contribution in [0.2, 0.25) is 5.02 Å². The molecular weight excluding hydrogens is 378 g/mol. The number of rotatable bonds is 3. The van der Waals surface area contributed by atoms with Crippen LogP contribution < -0.4 is 0 Å². The summed E-state index contributed by atoms with van der Waals surface area (Å²) in [5, 5.41) is 7.36. The summed E-state index contributed by atoms with van der Waals surface area (Å²) in [6.07, 6.45) is 3.49. The average molecular weight is 394 g/mol. The maximum atomic E-state index is 13.2. The first-order valence-corrected chi connectivity index (χ1v) is 9.69. The Morgan fingerprint density at radius 3 is 2.63 bits per heavy atom. The zero-order valence-electron chi connectivity index (χ0n) is 14.5. The SMILES string of the molecule is Cc1cccc(C(=O)N2N=C(c3ccc(Cl)cc3)SC2c2cccnc2)c1. The highest BCUT2D eigenvalue weighted by Gasteiger charge is 2.34. The maximum Gasteiger partial charge on any atom is 0.275 e. The van der Waals surface area contributed by atoms with E-state index < -0.39 is 0 Å². The van der Waals surface area contributed by atoms with Gasteiger partial charge in [0.25, 0.3) is 5.91 Å². The molecule has 1 unspecified atom stereocenters. The molecule has 1 amide bonds. The molecule has 0 aliphatic carbocycles. The number of hydrogen-bond donors (Lipinski definition) is 0. The largest absolute Gasteiger partial charge is 0.275 e. The lowest BCUT2D eigenvalue weighted by Gasteiger charge is -2.21. The molecule has 3 aromatic rings. The minimum absolute atomic E-state index is 0.135. The summed E-state index contributed by atoms with van der Waals surface area (Å²) in [5.74, 6) is -0.135. The van der Waals surface area contributed by atoms with E-state index in [0.717, 1.165) is 21.7 Å². The number of amides is 1. The van der Waals surface area contributed by atoms with E-state index in [4.69, 9.17) is 11.6 Å². The zero-order valence-corrected chi connectivity index (χ0v) is 16.1. The third-order valence-corrected chi connectivity index (χ3v) is 5.67. The highest BCUT2D eigenvalue weighted by atomic mass is 35.5. The van der Waals surface area contributed by atoms with Gasteiger partial charge in [0.2, 0.25) is 0 Å². The summed E-state index contributed by atoms with van der Waals surface area (Å²) in [4.78, 5) is 17.4. The van der Waals surface area contributed by atoms with Crippen molar-refractivity contribution in [1.29, 1.82) is 0 Å². The second-order valence-corrected chi connectivity index (χ2v) is 7.69. The van der Waals surface area contributed by atoms with E-state index in [2.05, 4.69) is 10.1 Å². The third kappa shape index (κ3) is 3.75. The fraction of sp³-hybridized carbons (Fsp3) is 0.0952. The van der Waals surface area contributed by atoms with E-state index in [1.54, 1.807) is 17.4 Å². The molecule has 0 saturated carbocycles. The molecule has 0 radical (unpaired) electrons. The molecule has 1 atom stereocenters. The molecular formula is C21H16ClN3OS. The van der Waals surface area contributed by atoms with Gasteiger partial charge in [-0.15, -0.1) is 0 Å². The average Bonchev–Trinajstić information content (AvgIpc) is 3.14. The number of benzene rings is 2. The minimum Gasteiger partial charge on any atom is -0.267 e. The Morgan fingerprint density at radius 1 is 1.11 bits per heavy atom.